The molecule has 0 spiro atoms. The molecule has 102 valence electrons. The molecule has 1 aromatic carbocycles. The Labute approximate surface area is 122 Å². The van der Waals surface area contributed by atoms with Crippen LogP contribution in [0.25, 0.3) is 0 Å². The van der Waals surface area contributed by atoms with E-state index in [1.54, 1.807) is 48.7 Å². The van der Waals surface area contributed by atoms with Crippen molar-refractivity contribution in [2.45, 2.75) is 0 Å². The number of anilines is 2. The fourth-order valence-electron chi connectivity index (χ4n) is 1.58. The molecule has 0 aliphatic heterocycles. The van der Waals surface area contributed by atoms with Crippen LogP contribution in [0.1, 0.15) is 10.5 Å². The van der Waals surface area contributed by atoms with E-state index in [0.29, 0.717) is 22.9 Å². The Balaban J connectivity index is 2.03. The lowest BCUT2D eigenvalue weighted by Crippen LogP contribution is -2.13. The Hall–Kier alpha value is -2.33. The Bertz CT molecular complexity index is 611. The minimum atomic E-state index is -0.275. The van der Waals surface area contributed by atoms with Crippen molar-refractivity contribution < 1.29 is 4.79 Å². The number of pyridine rings is 1. The zero-order valence-electron chi connectivity index (χ0n) is 10.8. The van der Waals surface area contributed by atoms with Crippen molar-refractivity contribution in [3.63, 3.8) is 0 Å². The SMILES string of the molecule is C=CCNc1ccc(C(=O)Nc2cccc(Cl)c2)nc1. The van der Waals surface area contributed by atoms with E-state index in [9.17, 15) is 4.79 Å². The third-order valence-corrected chi connectivity index (χ3v) is 2.76. The molecule has 0 fully saturated rings. The summed E-state index contributed by atoms with van der Waals surface area (Å²) in [6.45, 7) is 4.27. The fraction of sp³-hybridized carbons (Fsp3) is 0.0667. The van der Waals surface area contributed by atoms with E-state index in [1.807, 2.05) is 0 Å². The smallest absolute Gasteiger partial charge is 0.274 e. The Morgan fingerprint density at radius 2 is 2.15 bits per heavy atom. The second-order valence-electron chi connectivity index (χ2n) is 4.07. The first-order valence-electron chi connectivity index (χ1n) is 6.07. The molecule has 0 atom stereocenters. The van der Waals surface area contributed by atoms with Crippen LogP contribution in [0.4, 0.5) is 11.4 Å². The molecule has 0 aliphatic rings. The van der Waals surface area contributed by atoms with Crippen molar-refractivity contribution in [1.82, 2.24) is 4.98 Å². The van der Waals surface area contributed by atoms with E-state index in [-0.39, 0.29) is 5.91 Å². The number of halogens is 1. The summed E-state index contributed by atoms with van der Waals surface area (Å²) >= 11 is 5.86. The molecule has 0 radical (unpaired) electrons. The first-order chi connectivity index (χ1) is 9.69. The van der Waals surface area contributed by atoms with Crippen LogP contribution >= 0.6 is 11.6 Å². The number of nitrogens with one attached hydrogen (secondary N) is 2. The van der Waals surface area contributed by atoms with Gasteiger partial charge in [0.15, 0.2) is 0 Å². The van der Waals surface area contributed by atoms with Gasteiger partial charge in [-0.3, -0.25) is 4.79 Å². The summed E-state index contributed by atoms with van der Waals surface area (Å²) in [5.41, 5.74) is 1.82. The van der Waals surface area contributed by atoms with Crippen LogP contribution in [0.5, 0.6) is 0 Å². The third-order valence-electron chi connectivity index (χ3n) is 2.53. The molecule has 1 heterocycles. The molecule has 2 aromatic rings. The van der Waals surface area contributed by atoms with Crippen molar-refractivity contribution in [3.8, 4) is 0 Å². The minimum absolute atomic E-state index is 0.275. The summed E-state index contributed by atoms with van der Waals surface area (Å²) in [7, 11) is 0. The second kappa shape index (κ2) is 6.73. The highest BCUT2D eigenvalue weighted by Crippen LogP contribution is 2.15. The van der Waals surface area contributed by atoms with E-state index in [0.717, 1.165) is 5.69 Å². The minimum Gasteiger partial charge on any atom is -0.380 e. The van der Waals surface area contributed by atoms with Crippen LogP contribution in [0.15, 0.2) is 55.3 Å². The van der Waals surface area contributed by atoms with Crippen molar-refractivity contribution in [3.05, 3.63) is 66.0 Å². The van der Waals surface area contributed by atoms with Gasteiger partial charge in [0.05, 0.1) is 11.9 Å². The molecular formula is C15H14ClN3O. The summed E-state index contributed by atoms with van der Waals surface area (Å²) in [5, 5.41) is 6.40. The number of carbonyl (C=O) groups excluding carboxylic acids is 1. The van der Waals surface area contributed by atoms with Crippen LogP contribution < -0.4 is 10.6 Å². The van der Waals surface area contributed by atoms with Gasteiger partial charge in [-0.05, 0) is 30.3 Å². The van der Waals surface area contributed by atoms with Gasteiger partial charge >= 0.3 is 0 Å². The van der Waals surface area contributed by atoms with Crippen molar-refractivity contribution in [2.24, 2.45) is 0 Å². The number of rotatable bonds is 5. The van der Waals surface area contributed by atoms with Crippen molar-refractivity contribution >= 4 is 28.9 Å². The van der Waals surface area contributed by atoms with E-state index in [2.05, 4.69) is 22.2 Å². The van der Waals surface area contributed by atoms with Gasteiger partial charge in [-0.25, -0.2) is 4.98 Å². The van der Waals surface area contributed by atoms with E-state index in [1.165, 1.54) is 0 Å². The molecule has 2 N–H and O–H groups in total. The third kappa shape index (κ3) is 3.83. The predicted octanol–water partition coefficient (Wildman–Crippen LogP) is 3.59. The Kier molecular flexibility index (Phi) is 4.74. The maximum atomic E-state index is 12.0. The maximum absolute atomic E-state index is 12.0. The number of benzene rings is 1. The van der Waals surface area contributed by atoms with Gasteiger partial charge in [0.25, 0.3) is 5.91 Å². The topological polar surface area (TPSA) is 54.0 Å². The molecule has 0 unspecified atom stereocenters. The van der Waals surface area contributed by atoms with Gasteiger partial charge < -0.3 is 10.6 Å². The molecule has 1 amide bonds. The van der Waals surface area contributed by atoms with Crippen LogP contribution in [0.2, 0.25) is 5.02 Å². The lowest BCUT2D eigenvalue weighted by molar-refractivity contribution is 0.102. The highest BCUT2D eigenvalue weighted by Gasteiger charge is 2.07. The highest BCUT2D eigenvalue weighted by atomic mass is 35.5. The molecule has 0 saturated carbocycles. The molecule has 5 heteroatoms. The number of amides is 1. The van der Waals surface area contributed by atoms with Gasteiger partial charge in [0.2, 0.25) is 0 Å². The van der Waals surface area contributed by atoms with Crippen LogP contribution in [0, 0.1) is 0 Å². The second-order valence-corrected chi connectivity index (χ2v) is 4.50. The largest absolute Gasteiger partial charge is 0.380 e. The molecule has 2 rings (SSSR count). The highest BCUT2D eigenvalue weighted by molar-refractivity contribution is 6.30. The lowest BCUT2D eigenvalue weighted by atomic mass is 10.3. The number of hydrogen-bond acceptors (Lipinski definition) is 3. The summed E-state index contributed by atoms with van der Waals surface area (Å²) in [6, 6.07) is 10.4. The number of nitrogens with zero attached hydrogens (tertiary/aromatic N) is 1. The average Bonchev–Trinajstić information content (AvgIpc) is 2.45. The summed E-state index contributed by atoms with van der Waals surface area (Å²) in [6.07, 6.45) is 3.36. The fourth-order valence-corrected chi connectivity index (χ4v) is 1.77. The Morgan fingerprint density at radius 1 is 1.30 bits per heavy atom. The van der Waals surface area contributed by atoms with Crippen LogP contribution in [-0.4, -0.2) is 17.4 Å². The van der Waals surface area contributed by atoms with Crippen LogP contribution in [-0.2, 0) is 0 Å². The van der Waals surface area contributed by atoms with Crippen LogP contribution in [0.3, 0.4) is 0 Å². The first kappa shape index (κ1) is 14.1. The summed E-state index contributed by atoms with van der Waals surface area (Å²) < 4.78 is 0. The van der Waals surface area contributed by atoms with Gasteiger partial charge in [-0.15, -0.1) is 6.58 Å². The first-order valence-corrected chi connectivity index (χ1v) is 6.44. The van der Waals surface area contributed by atoms with Crippen molar-refractivity contribution in [2.75, 3.05) is 17.2 Å². The molecule has 0 saturated heterocycles. The number of hydrogen-bond donors (Lipinski definition) is 2. The molecule has 4 nitrogen and oxygen atoms in total. The molecule has 0 bridgehead atoms. The molecular weight excluding hydrogens is 274 g/mol. The van der Waals surface area contributed by atoms with E-state index in [4.69, 9.17) is 11.6 Å². The molecule has 0 aliphatic carbocycles. The zero-order valence-corrected chi connectivity index (χ0v) is 11.5. The van der Waals surface area contributed by atoms with E-state index >= 15 is 0 Å². The van der Waals surface area contributed by atoms with E-state index < -0.39 is 0 Å². The maximum Gasteiger partial charge on any atom is 0.274 e. The standard InChI is InChI=1S/C15H14ClN3O/c1-2-8-17-13-6-7-14(18-10-13)15(20)19-12-5-3-4-11(16)9-12/h2-7,9-10,17H,1,8H2,(H,19,20). The average molecular weight is 288 g/mol. The lowest BCUT2D eigenvalue weighted by Gasteiger charge is -2.06. The zero-order chi connectivity index (χ0) is 14.4. The number of aromatic nitrogens is 1. The van der Waals surface area contributed by atoms with Gasteiger partial charge in [-0.1, -0.05) is 23.7 Å². The predicted molar refractivity (Wildman–Crippen MR) is 82.3 cm³/mol. The normalized spacial score (nSPS) is 9.85. The summed E-state index contributed by atoms with van der Waals surface area (Å²) in [4.78, 5) is 16.1. The number of carbonyl (C=O) groups is 1. The quantitative estimate of drug-likeness (QED) is 0.826. The summed E-state index contributed by atoms with van der Waals surface area (Å²) in [5.74, 6) is -0.275. The van der Waals surface area contributed by atoms with Gasteiger partial charge in [0.1, 0.15) is 5.69 Å². The molecule has 20 heavy (non-hydrogen) atoms. The van der Waals surface area contributed by atoms with Gasteiger partial charge in [-0.2, -0.15) is 0 Å². The van der Waals surface area contributed by atoms with Gasteiger partial charge in [0, 0.05) is 17.3 Å². The van der Waals surface area contributed by atoms with Crippen molar-refractivity contribution in [1.29, 1.82) is 0 Å². The molecule has 1 aromatic heterocycles. The monoisotopic (exact) mass is 287 g/mol. The Morgan fingerprint density at radius 3 is 2.80 bits per heavy atom.